The summed E-state index contributed by atoms with van der Waals surface area (Å²) < 4.78 is 0. The van der Waals surface area contributed by atoms with Gasteiger partial charge in [0.15, 0.2) is 5.78 Å². The minimum atomic E-state index is -0.989. The van der Waals surface area contributed by atoms with E-state index in [4.69, 9.17) is 11.5 Å². The van der Waals surface area contributed by atoms with E-state index >= 15 is 0 Å². The Morgan fingerprint density at radius 2 is 1.68 bits per heavy atom. The fraction of sp³-hybridized carbons (Fsp3) is 0.857. The number of ketones is 2. The molecule has 1 unspecified atom stereocenters. The first-order valence-electron chi connectivity index (χ1n) is 10.6. The van der Waals surface area contributed by atoms with Crippen LogP contribution >= 0.6 is 0 Å². The van der Waals surface area contributed by atoms with E-state index in [2.05, 4.69) is 5.32 Å². The Hall–Kier alpha value is -1.31. The lowest BCUT2D eigenvalue weighted by molar-refractivity contribution is -0.136. The van der Waals surface area contributed by atoms with Crippen LogP contribution in [0.2, 0.25) is 0 Å². The quantitative estimate of drug-likeness (QED) is 0.392. The smallest absolute Gasteiger partial charge is 0.226 e. The summed E-state index contributed by atoms with van der Waals surface area (Å²) in [5.74, 6) is -1.75. The highest BCUT2D eigenvalue weighted by molar-refractivity contribution is 5.92. The zero-order chi connectivity index (χ0) is 21.3. The van der Waals surface area contributed by atoms with Gasteiger partial charge in [0.1, 0.15) is 5.78 Å². The van der Waals surface area contributed by atoms with Gasteiger partial charge in [0.2, 0.25) is 5.91 Å². The number of hydrogen-bond donors (Lipinski definition) is 4. The molecule has 0 aliphatic heterocycles. The Kier molecular flexibility index (Phi) is 10.3. The van der Waals surface area contributed by atoms with Crippen molar-refractivity contribution in [2.24, 2.45) is 28.7 Å². The number of carbonyl (C=O) groups excluding carboxylic acids is 3. The van der Waals surface area contributed by atoms with Crippen molar-refractivity contribution >= 4 is 17.5 Å². The maximum absolute atomic E-state index is 12.7. The van der Waals surface area contributed by atoms with Gasteiger partial charge in [-0.15, -0.1) is 0 Å². The standard InChI is InChI=1S/C21H39N3O4/c1-14(2)19(27)18(7-10-22)24-20(28)17(15(3)25)11-16(26)12-21(13-23)8-5-4-6-9-21/h14-15,17-18,25H,4-13,22-23H2,1-3H3,(H,24,28)/t15?,17-,18-/m0/s1. The van der Waals surface area contributed by atoms with Crippen LogP contribution < -0.4 is 16.8 Å². The van der Waals surface area contributed by atoms with Crippen molar-refractivity contribution < 1.29 is 19.5 Å². The average molecular weight is 398 g/mol. The fourth-order valence-electron chi connectivity index (χ4n) is 4.11. The van der Waals surface area contributed by atoms with E-state index in [0.717, 1.165) is 25.7 Å². The molecule has 7 heteroatoms. The molecule has 1 aliphatic carbocycles. The van der Waals surface area contributed by atoms with Crippen molar-refractivity contribution in [1.82, 2.24) is 5.32 Å². The summed E-state index contributed by atoms with van der Waals surface area (Å²) in [7, 11) is 0. The van der Waals surface area contributed by atoms with Gasteiger partial charge in [0.05, 0.1) is 18.1 Å². The molecule has 162 valence electrons. The molecular formula is C21H39N3O4. The highest BCUT2D eigenvalue weighted by atomic mass is 16.3. The van der Waals surface area contributed by atoms with Gasteiger partial charge in [-0.25, -0.2) is 0 Å². The van der Waals surface area contributed by atoms with Gasteiger partial charge in [-0.2, -0.15) is 0 Å². The number of nitrogens with two attached hydrogens (primary N) is 2. The van der Waals surface area contributed by atoms with E-state index in [-0.39, 0.29) is 35.9 Å². The van der Waals surface area contributed by atoms with E-state index in [1.807, 2.05) is 0 Å². The molecule has 28 heavy (non-hydrogen) atoms. The highest BCUT2D eigenvalue weighted by Gasteiger charge is 2.36. The molecule has 1 aliphatic rings. The fourth-order valence-corrected chi connectivity index (χ4v) is 4.11. The summed E-state index contributed by atoms with van der Waals surface area (Å²) in [4.78, 5) is 37.8. The Balaban J connectivity index is 2.78. The second kappa shape index (κ2) is 11.6. The second-order valence-electron chi connectivity index (χ2n) is 8.73. The molecule has 0 aromatic carbocycles. The van der Waals surface area contributed by atoms with E-state index < -0.39 is 24.0 Å². The topological polar surface area (TPSA) is 136 Å². The third kappa shape index (κ3) is 7.26. The van der Waals surface area contributed by atoms with Crippen molar-refractivity contribution in [3.63, 3.8) is 0 Å². The first-order chi connectivity index (χ1) is 13.2. The van der Waals surface area contributed by atoms with Crippen LogP contribution in [0.25, 0.3) is 0 Å². The Bertz CT molecular complexity index is 528. The summed E-state index contributed by atoms with van der Waals surface area (Å²) in [6.45, 7) is 5.76. The largest absolute Gasteiger partial charge is 0.393 e. The number of Topliss-reactive ketones (excluding diaryl/α,β-unsaturated/α-hetero) is 2. The second-order valence-corrected chi connectivity index (χ2v) is 8.73. The summed E-state index contributed by atoms with van der Waals surface area (Å²) in [6.07, 6.45) is 4.82. The molecule has 1 amide bonds. The summed E-state index contributed by atoms with van der Waals surface area (Å²) in [5, 5.41) is 12.8. The monoisotopic (exact) mass is 397 g/mol. The number of carbonyl (C=O) groups is 3. The van der Waals surface area contributed by atoms with E-state index in [0.29, 0.717) is 19.4 Å². The van der Waals surface area contributed by atoms with Crippen LogP contribution in [0.3, 0.4) is 0 Å². The van der Waals surface area contributed by atoms with E-state index in [1.165, 1.54) is 13.3 Å². The summed E-state index contributed by atoms with van der Waals surface area (Å²) in [6, 6.07) is -0.692. The number of aliphatic hydroxyl groups is 1. The SMILES string of the molecule is CC(C)C(=O)[C@H](CCN)NC(=O)[C@@H](CC(=O)CC1(CN)CCCCC1)C(C)O. The Morgan fingerprint density at radius 3 is 2.14 bits per heavy atom. The summed E-state index contributed by atoms with van der Waals surface area (Å²) in [5.41, 5.74) is 11.4. The first-order valence-corrected chi connectivity index (χ1v) is 10.6. The van der Waals surface area contributed by atoms with Gasteiger partial charge >= 0.3 is 0 Å². The summed E-state index contributed by atoms with van der Waals surface area (Å²) >= 11 is 0. The molecule has 0 heterocycles. The van der Waals surface area contributed by atoms with Crippen molar-refractivity contribution in [3.05, 3.63) is 0 Å². The zero-order valence-electron chi connectivity index (χ0n) is 17.7. The van der Waals surface area contributed by atoms with Crippen LogP contribution in [0, 0.1) is 17.3 Å². The molecule has 6 N–H and O–H groups in total. The third-order valence-corrected chi connectivity index (χ3v) is 5.97. The lowest BCUT2D eigenvalue weighted by Gasteiger charge is -2.36. The maximum Gasteiger partial charge on any atom is 0.226 e. The van der Waals surface area contributed by atoms with Gasteiger partial charge in [-0.3, -0.25) is 14.4 Å². The molecule has 7 nitrogen and oxygen atoms in total. The molecular weight excluding hydrogens is 358 g/mol. The van der Waals surface area contributed by atoms with Crippen molar-refractivity contribution in [2.45, 2.75) is 84.3 Å². The van der Waals surface area contributed by atoms with E-state index in [1.54, 1.807) is 13.8 Å². The first kappa shape index (κ1) is 24.7. The molecule has 0 aromatic rings. The molecule has 1 fully saturated rings. The van der Waals surface area contributed by atoms with Crippen LogP contribution in [0.1, 0.15) is 72.1 Å². The van der Waals surface area contributed by atoms with Crippen LogP contribution in [0.4, 0.5) is 0 Å². The van der Waals surface area contributed by atoms with Gasteiger partial charge in [0.25, 0.3) is 0 Å². The Labute approximate surface area is 169 Å². The highest BCUT2D eigenvalue weighted by Crippen LogP contribution is 2.39. The normalized spacial score (nSPS) is 19.7. The molecule has 1 rings (SSSR count). The Morgan fingerprint density at radius 1 is 1.07 bits per heavy atom. The minimum Gasteiger partial charge on any atom is -0.393 e. The number of rotatable bonds is 12. The zero-order valence-corrected chi connectivity index (χ0v) is 17.7. The van der Waals surface area contributed by atoms with Gasteiger partial charge in [-0.05, 0) is 44.7 Å². The van der Waals surface area contributed by atoms with Gasteiger partial charge < -0.3 is 21.9 Å². The molecule has 0 bridgehead atoms. The lowest BCUT2D eigenvalue weighted by Crippen LogP contribution is -2.48. The molecule has 0 spiro atoms. The minimum absolute atomic E-state index is 0.0452. The van der Waals surface area contributed by atoms with Gasteiger partial charge in [0, 0.05) is 18.8 Å². The molecule has 0 aromatic heterocycles. The predicted octanol–water partition coefficient (Wildman–Crippen LogP) is 1.30. The number of aliphatic hydroxyl groups excluding tert-OH is 1. The molecule has 1 saturated carbocycles. The molecule has 0 saturated heterocycles. The van der Waals surface area contributed by atoms with Crippen LogP contribution in [0.15, 0.2) is 0 Å². The number of hydrogen-bond acceptors (Lipinski definition) is 6. The predicted molar refractivity (Wildman–Crippen MR) is 109 cm³/mol. The van der Waals surface area contributed by atoms with Crippen molar-refractivity contribution in [3.8, 4) is 0 Å². The average Bonchev–Trinajstić information content (AvgIpc) is 2.65. The third-order valence-electron chi connectivity index (χ3n) is 5.97. The van der Waals surface area contributed by atoms with Crippen LogP contribution in [-0.4, -0.2) is 47.8 Å². The van der Waals surface area contributed by atoms with Gasteiger partial charge in [-0.1, -0.05) is 33.1 Å². The van der Waals surface area contributed by atoms with Crippen LogP contribution in [-0.2, 0) is 14.4 Å². The van der Waals surface area contributed by atoms with Crippen LogP contribution in [0.5, 0.6) is 0 Å². The lowest BCUT2D eigenvalue weighted by atomic mass is 9.70. The molecule has 0 radical (unpaired) electrons. The number of nitrogens with one attached hydrogen (secondary N) is 1. The van der Waals surface area contributed by atoms with E-state index in [9.17, 15) is 19.5 Å². The number of amides is 1. The van der Waals surface area contributed by atoms with Crippen molar-refractivity contribution in [1.29, 1.82) is 0 Å². The molecule has 3 atom stereocenters. The maximum atomic E-state index is 12.7. The van der Waals surface area contributed by atoms with Crippen molar-refractivity contribution in [2.75, 3.05) is 13.1 Å².